The second-order valence-corrected chi connectivity index (χ2v) is 3.44. The van der Waals surface area contributed by atoms with Gasteiger partial charge in [0.25, 0.3) is 0 Å². The van der Waals surface area contributed by atoms with Gasteiger partial charge in [0.05, 0.1) is 0 Å². The van der Waals surface area contributed by atoms with Crippen LogP contribution >= 0.6 is 0 Å². The van der Waals surface area contributed by atoms with Crippen LogP contribution in [0.2, 0.25) is 0 Å². The first kappa shape index (κ1) is 11.6. The van der Waals surface area contributed by atoms with E-state index in [0.717, 1.165) is 0 Å². The quantitative estimate of drug-likeness (QED) is 0.734. The molecule has 0 bridgehead atoms. The Bertz CT molecular complexity index is 343. The summed E-state index contributed by atoms with van der Waals surface area (Å²) in [5, 5.41) is 2.50. The van der Waals surface area contributed by atoms with E-state index in [2.05, 4.69) is 10.3 Å². The molecule has 1 unspecified atom stereocenters. The Morgan fingerprint density at radius 2 is 2.40 bits per heavy atom. The van der Waals surface area contributed by atoms with Gasteiger partial charge < -0.3 is 11.1 Å². The smallest absolute Gasteiger partial charge is 0.225 e. The molecule has 4 nitrogen and oxygen atoms in total. The van der Waals surface area contributed by atoms with Gasteiger partial charge in [0.2, 0.25) is 11.9 Å². The molecule has 1 atom stereocenters. The number of nitrogens with one attached hydrogen (secondary N) is 1. The molecule has 0 aromatic carbocycles. The van der Waals surface area contributed by atoms with Gasteiger partial charge in [-0.1, -0.05) is 13.0 Å². The maximum atomic E-state index is 12.7. The number of amides is 1. The van der Waals surface area contributed by atoms with Crippen LogP contribution in [0.4, 0.5) is 10.2 Å². The van der Waals surface area contributed by atoms with Gasteiger partial charge in [0.1, 0.15) is 5.82 Å². The zero-order valence-electron chi connectivity index (χ0n) is 8.53. The fourth-order valence-electron chi connectivity index (χ4n) is 1.07. The summed E-state index contributed by atoms with van der Waals surface area (Å²) in [6.07, 6.45) is 0.314. The number of rotatable bonds is 4. The van der Waals surface area contributed by atoms with Gasteiger partial charge in [-0.05, 0) is 24.6 Å². The number of nitrogens with two attached hydrogens (primary N) is 1. The molecular formula is C10H14FN3O. The zero-order chi connectivity index (χ0) is 11.3. The highest BCUT2D eigenvalue weighted by molar-refractivity contribution is 5.89. The standard InChI is InChI=1S/C10H14FN3O/c1-7(6-12)5-10(15)14-9-4-2-3-8(11)13-9/h2-4,7H,5-6,12H2,1H3,(H,13,14,15). The fourth-order valence-corrected chi connectivity index (χ4v) is 1.07. The van der Waals surface area contributed by atoms with E-state index < -0.39 is 5.95 Å². The molecular weight excluding hydrogens is 197 g/mol. The molecule has 1 aromatic heterocycles. The molecule has 1 heterocycles. The molecule has 5 heteroatoms. The molecule has 82 valence electrons. The number of aromatic nitrogens is 1. The van der Waals surface area contributed by atoms with E-state index in [9.17, 15) is 9.18 Å². The van der Waals surface area contributed by atoms with Crippen molar-refractivity contribution < 1.29 is 9.18 Å². The molecule has 0 saturated carbocycles. The topological polar surface area (TPSA) is 68.0 Å². The van der Waals surface area contributed by atoms with Gasteiger partial charge >= 0.3 is 0 Å². The first-order chi connectivity index (χ1) is 7.11. The molecule has 0 spiro atoms. The van der Waals surface area contributed by atoms with Crippen LogP contribution < -0.4 is 11.1 Å². The van der Waals surface area contributed by atoms with Crippen molar-refractivity contribution in [3.05, 3.63) is 24.1 Å². The monoisotopic (exact) mass is 211 g/mol. The van der Waals surface area contributed by atoms with Gasteiger partial charge in [-0.2, -0.15) is 4.39 Å². The van der Waals surface area contributed by atoms with Crippen LogP contribution in [0, 0.1) is 11.9 Å². The predicted octanol–water partition coefficient (Wildman–Crippen LogP) is 1.14. The number of carbonyl (C=O) groups is 1. The van der Waals surface area contributed by atoms with E-state index in [4.69, 9.17) is 5.73 Å². The highest BCUT2D eigenvalue weighted by Crippen LogP contribution is 2.06. The van der Waals surface area contributed by atoms with Gasteiger partial charge in [-0.25, -0.2) is 4.98 Å². The number of hydrogen-bond donors (Lipinski definition) is 2. The summed E-state index contributed by atoms with van der Waals surface area (Å²) in [5.41, 5.74) is 5.38. The SMILES string of the molecule is CC(CN)CC(=O)Nc1cccc(F)n1. The van der Waals surface area contributed by atoms with E-state index >= 15 is 0 Å². The molecule has 1 aromatic rings. The normalized spacial score (nSPS) is 12.2. The largest absolute Gasteiger partial charge is 0.330 e. The van der Waals surface area contributed by atoms with E-state index in [-0.39, 0.29) is 17.6 Å². The Morgan fingerprint density at radius 1 is 1.67 bits per heavy atom. The maximum Gasteiger partial charge on any atom is 0.225 e. The summed E-state index contributed by atoms with van der Waals surface area (Å²) in [6.45, 7) is 2.32. The van der Waals surface area contributed by atoms with E-state index in [1.165, 1.54) is 18.2 Å². The first-order valence-corrected chi connectivity index (χ1v) is 4.74. The average Bonchev–Trinajstić information content (AvgIpc) is 2.17. The minimum absolute atomic E-state index is 0.110. The fraction of sp³-hybridized carbons (Fsp3) is 0.400. The van der Waals surface area contributed by atoms with Gasteiger partial charge in [0, 0.05) is 6.42 Å². The zero-order valence-corrected chi connectivity index (χ0v) is 8.53. The summed E-state index contributed by atoms with van der Waals surface area (Å²) in [4.78, 5) is 14.9. The van der Waals surface area contributed by atoms with Crippen molar-refractivity contribution in [2.45, 2.75) is 13.3 Å². The number of pyridine rings is 1. The second-order valence-electron chi connectivity index (χ2n) is 3.44. The van der Waals surface area contributed by atoms with Crippen molar-refractivity contribution in [1.29, 1.82) is 0 Å². The predicted molar refractivity (Wildman–Crippen MR) is 55.7 cm³/mol. The van der Waals surface area contributed by atoms with Crippen LogP contribution in [-0.2, 0) is 4.79 Å². The average molecular weight is 211 g/mol. The third-order valence-corrected chi connectivity index (χ3v) is 1.92. The number of nitrogens with zero attached hydrogens (tertiary/aromatic N) is 1. The summed E-state index contributed by atoms with van der Waals surface area (Å²) < 4.78 is 12.7. The summed E-state index contributed by atoms with van der Waals surface area (Å²) in [6, 6.07) is 4.25. The lowest BCUT2D eigenvalue weighted by Gasteiger charge is -2.08. The third kappa shape index (κ3) is 4.03. The second kappa shape index (κ2) is 5.41. The number of anilines is 1. The van der Waals surface area contributed by atoms with E-state index in [1.54, 1.807) is 0 Å². The minimum Gasteiger partial charge on any atom is -0.330 e. The third-order valence-electron chi connectivity index (χ3n) is 1.92. The van der Waals surface area contributed by atoms with Crippen molar-refractivity contribution in [1.82, 2.24) is 4.98 Å². The first-order valence-electron chi connectivity index (χ1n) is 4.74. The van der Waals surface area contributed by atoms with E-state index in [1.807, 2.05) is 6.92 Å². The highest BCUT2D eigenvalue weighted by Gasteiger charge is 2.08. The van der Waals surface area contributed by atoms with Gasteiger partial charge in [0.15, 0.2) is 0 Å². The van der Waals surface area contributed by atoms with Crippen molar-refractivity contribution in [2.75, 3.05) is 11.9 Å². The Balaban J connectivity index is 2.51. The lowest BCUT2D eigenvalue weighted by Crippen LogP contribution is -2.20. The molecule has 0 saturated heterocycles. The lowest BCUT2D eigenvalue weighted by molar-refractivity contribution is -0.116. The van der Waals surface area contributed by atoms with Crippen LogP contribution in [0.25, 0.3) is 0 Å². The molecule has 1 amide bonds. The van der Waals surface area contributed by atoms with Crippen LogP contribution in [0.1, 0.15) is 13.3 Å². The van der Waals surface area contributed by atoms with Crippen LogP contribution in [0.5, 0.6) is 0 Å². The molecule has 1 rings (SSSR count). The number of carbonyl (C=O) groups excluding carboxylic acids is 1. The Labute approximate surface area is 87.7 Å². The molecule has 0 fully saturated rings. The van der Waals surface area contributed by atoms with Crippen molar-refractivity contribution >= 4 is 11.7 Å². The molecule has 0 aliphatic heterocycles. The summed E-state index contributed by atoms with van der Waals surface area (Å²) >= 11 is 0. The Morgan fingerprint density at radius 3 is 3.00 bits per heavy atom. The number of halogens is 1. The molecule has 0 radical (unpaired) electrons. The van der Waals surface area contributed by atoms with Gasteiger partial charge in [-0.15, -0.1) is 0 Å². The van der Waals surface area contributed by atoms with Crippen LogP contribution in [0.15, 0.2) is 18.2 Å². The molecule has 0 aliphatic rings. The van der Waals surface area contributed by atoms with Crippen molar-refractivity contribution in [3.63, 3.8) is 0 Å². The minimum atomic E-state index is -0.611. The number of hydrogen-bond acceptors (Lipinski definition) is 3. The van der Waals surface area contributed by atoms with Crippen molar-refractivity contribution in [2.24, 2.45) is 11.7 Å². The summed E-state index contributed by atoms with van der Waals surface area (Å²) in [5.74, 6) is -0.478. The summed E-state index contributed by atoms with van der Waals surface area (Å²) in [7, 11) is 0. The van der Waals surface area contributed by atoms with Crippen LogP contribution in [-0.4, -0.2) is 17.4 Å². The maximum absolute atomic E-state index is 12.7. The van der Waals surface area contributed by atoms with Crippen molar-refractivity contribution in [3.8, 4) is 0 Å². The molecule has 3 N–H and O–H groups in total. The van der Waals surface area contributed by atoms with Gasteiger partial charge in [-0.3, -0.25) is 4.79 Å². The van der Waals surface area contributed by atoms with Crippen LogP contribution in [0.3, 0.4) is 0 Å². The molecule has 0 aliphatic carbocycles. The highest BCUT2D eigenvalue weighted by atomic mass is 19.1. The van der Waals surface area contributed by atoms with E-state index in [0.29, 0.717) is 13.0 Å². The molecule has 15 heavy (non-hydrogen) atoms. The lowest BCUT2D eigenvalue weighted by atomic mass is 10.1. The Hall–Kier alpha value is -1.49. The Kier molecular flexibility index (Phi) is 4.17.